The topological polar surface area (TPSA) is 129 Å². The predicted octanol–water partition coefficient (Wildman–Crippen LogP) is 3.42. The molecule has 0 bridgehead atoms. The van der Waals surface area contributed by atoms with Gasteiger partial charge >= 0.3 is 0 Å². The Bertz CT molecular complexity index is 1670. The zero-order valence-corrected chi connectivity index (χ0v) is 21.5. The molecular formula is C26H27FN8O2S. The molecule has 0 radical (unpaired) electrons. The van der Waals surface area contributed by atoms with Crippen molar-refractivity contribution in [2.24, 2.45) is 0 Å². The lowest BCUT2D eigenvalue weighted by atomic mass is 10.1. The third-order valence-electron chi connectivity index (χ3n) is 5.98. The van der Waals surface area contributed by atoms with Crippen LogP contribution in [0.4, 0.5) is 21.7 Å². The van der Waals surface area contributed by atoms with Crippen molar-refractivity contribution >= 4 is 49.0 Å². The molecule has 3 N–H and O–H groups in total. The molecule has 0 aliphatic carbocycles. The molecule has 0 aliphatic rings. The van der Waals surface area contributed by atoms with Gasteiger partial charge in [-0.1, -0.05) is 12.1 Å². The zero-order valence-electron chi connectivity index (χ0n) is 20.7. The van der Waals surface area contributed by atoms with Crippen LogP contribution in [0.3, 0.4) is 0 Å². The van der Waals surface area contributed by atoms with Crippen LogP contribution in [-0.2, 0) is 16.4 Å². The molecule has 3 aromatic heterocycles. The second-order valence-corrected chi connectivity index (χ2v) is 11.2. The standard InChI is InChI=1S/C26H27FN8O2S/c1-38(36,37)10-9-28-7-8-29-25-13-22-24(15-30-25)31-17-32-26(22)35(16-18-3-2-4-20(27)11-18)21-5-6-23-19(12-21)14-33-34-23/h2-6,11-15,17,28H,7-10,16H2,1H3,(H,29,30)(H,33,34). The largest absolute Gasteiger partial charge is 0.369 e. The molecule has 0 saturated carbocycles. The highest BCUT2D eigenvalue weighted by Crippen LogP contribution is 2.33. The monoisotopic (exact) mass is 534 g/mol. The number of rotatable bonds is 11. The van der Waals surface area contributed by atoms with E-state index < -0.39 is 9.84 Å². The van der Waals surface area contributed by atoms with E-state index in [2.05, 4.69) is 35.8 Å². The van der Waals surface area contributed by atoms with Gasteiger partial charge in [0, 0.05) is 48.9 Å². The Labute approximate surface area is 219 Å². The number of nitrogens with zero attached hydrogens (tertiary/aromatic N) is 5. The van der Waals surface area contributed by atoms with Gasteiger partial charge in [0.15, 0.2) is 0 Å². The first kappa shape index (κ1) is 25.5. The number of aromatic amines is 1. The Morgan fingerprint density at radius 2 is 1.89 bits per heavy atom. The van der Waals surface area contributed by atoms with Crippen LogP contribution in [0.1, 0.15) is 5.56 Å². The summed E-state index contributed by atoms with van der Waals surface area (Å²) in [6, 6.07) is 14.3. The smallest absolute Gasteiger partial charge is 0.148 e. The van der Waals surface area contributed by atoms with Crippen LogP contribution in [0.15, 0.2) is 67.3 Å². The van der Waals surface area contributed by atoms with Gasteiger partial charge in [0.1, 0.15) is 33.6 Å². The lowest BCUT2D eigenvalue weighted by Crippen LogP contribution is -2.27. The molecule has 0 amide bonds. The van der Waals surface area contributed by atoms with Gasteiger partial charge in [-0.3, -0.25) is 5.10 Å². The van der Waals surface area contributed by atoms with Gasteiger partial charge in [-0.05, 0) is 42.0 Å². The molecule has 0 saturated heterocycles. The number of fused-ring (bicyclic) bond motifs is 2. The normalized spacial score (nSPS) is 11.7. The van der Waals surface area contributed by atoms with Gasteiger partial charge in [-0.15, -0.1) is 0 Å². The van der Waals surface area contributed by atoms with Crippen LogP contribution >= 0.6 is 0 Å². The maximum Gasteiger partial charge on any atom is 0.148 e. The Balaban J connectivity index is 1.44. The lowest BCUT2D eigenvalue weighted by Gasteiger charge is -2.25. The van der Waals surface area contributed by atoms with Crippen LogP contribution in [-0.4, -0.2) is 65.2 Å². The van der Waals surface area contributed by atoms with Gasteiger partial charge in [-0.25, -0.2) is 27.8 Å². The van der Waals surface area contributed by atoms with E-state index in [1.54, 1.807) is 18.5 Å². The van der Waals surface area contributed by atoms with Gasteiger partial charge in [0.2, 0.25) is 0 Å². The average Bonchev–Trinajstić information content (AvgIpc) is 3.36. The van der Waals surface area contributed by atoms with Crippen LogP contribution in [0.25, 0.3) is 21.8 Å². The Morgan fingerprint density at radius 3 is 2.74 bits per heavy atom. The Morgan fingerprint density at radius 1 is 1.00 bits per heavy atom. The van der Waals surface area contributed by atoms with Crippen molar-refractivity contribution in [2.45, 2.75) is 6.54 Å². The fourth-order valence-electron chi connectivity index (χ4n) is 4.12. The molecule has 5 aromatic rings. The number of hydrogen-bond acceptors (Lipinski definition) is 9. The summed E-state index contributed by atoms with van der Waals surface area (Å²) < 4.78 is 36.6. The first-order valence-corrected chi connectivity index (χ1v) is 14.1. The first-order valence-electron chi connectivity index (χ1n) is 12.0. The summed E-state index contributed by atoms with van der Waals surface area (Å²) >= 11 is 0. The van der Waals surface area contributed by atoms with Crippen LogP contribution in [0, 0.1) is 5.82 Å². The first-order chi connectivity index (χ1) is 18.4. The number of sulfone groups is 1. The molecule has 196 valence electrons. The summed E-state index contributed by atoms with van der Waals surface area (Å²) in [4.78, 5) is 15.5. The van der Waals surface area contributed by atoms with Crippen molar-refractivity contribution in [3.8, 4) is 0 Å². The van der Waals surface area contributed by atoms with E-state index in [-0.39, 0.29) is 11.6 Å². The van der Waals surface area contributed by atoms with Gasteiger partial charge in [0.25, 0.3) is 0 Å². The number of nitrogens with one attached hydrogen (secondary N) is 3. The minimum absolute atomic E-state index is 0.0910. The molecule has 0 spiro atoms. The van der Waals surface area contributed by atoms with Crippen LogP contribution < -0.4 is 15.5 Å². The third kappa shape index (κ3) is 6.21. The van der Waals surface area contributed by atoms with E-state index in [4.69, 9.17) is 0 Å². The average molecular weight is 535 g/mol. The van der Waals surface area contributed by atoms with Gasteiger partial charge in [0.05, 0.1) is 29.2 Å². The molecule has 10 nitrogen and oxygen atoms in total. The molecule has 3 heterocycles. The Hall–Kier alpha value is -4.16. The molecule has 2 aromatic carbocycles. The highest BCUT2D eigenvalue weighted by Gasteiger charge is 2.17. The Kier molecular flexibility index (Phi) is 7.43. The summed E-state index contributed by atoms with van der Waals surface area (Å²) in [7, 11) is -3.00. The summed E-state index contributed by atoms with van der Waals surface area (Å²) in [6.07, 6.45) is 6.15. The number of pyridine rings is 1. The zero-order chi connectivity index (χ0) is 26.5. The number of anilines is 3. The quantitative estimate of drug-likeness (QED) is 0.218. The second kappa shape index (κ2) is 11.1. The highest BCUT2D eigenvalue weighted by atomic mass is 32.2. The molecule has 0 unspecified atom stereocenters. The maximum absolute atomic E-state index is 14.0. The molecular weight excluding hydrogens is 507 g/mol. The molecule has 0 atom stereocenters. The van der Waals surface area contributed by atoms with E-state index in [9.17, 15) is 12.8 Å². The van der Waals surface area contributed by atoms with Crippen molar-refractivity contribution in [3.63, 3.8) is 0 Å². The lowest BCUT2D eigenvalue weighted by molar-refractivity contribution is 0.597. The minimum Gasteiger partial charge on any atom is -0.369 e. The van der Waals surface area contributed by atoms with Crippen molar-refractivity contribution in [3.05, 3.63) is 78.6 Å². The summed E-state index contributed by atoms with van der Waals surface area (Å²) in [5.41, 5.74) is 3.23. The third-order valence-corrected chi connectivity index (χ3v) is 6.92. The number of H-pyrrole nitrogens is 1. The fraction of sp³-hybridized carbons (Fsp3) is 0.231. The van der Waals surface area contributed by atoms with E-state index in [1.165, 1.54) is 24.7 Å². The van der Waals surface area contributed by atoms with E-state index in [0.29, 0.717) is 43.3 Å². The molecule has 12 heteroatoms. The SMILES string of the molecule is CS(=O)(=O)CCNCCNc1cc2c(N(Cc3cccc(F)c3)c3ccc4[nH]ncc4c3)ncnc2cn1. The summed E-state index contributed by atoms with van der Waals surface area (Å²) in [5, 5.41) is 15.2. The summed E-state index contributed by atoms with van der Waals surface area (Å²) in [6.45, 7) is 1.89. The molecule has 0 aliphatic heterocycles. The fourth-order valence-corrected chi connectivity index (χ4v) is 4.64. The van der Waals surface area contributed by atoms with Gasteiger partial charge < -0.3 is 15.5 Å². The van der Waals surface area contributed by atoms with Crippen LogP contribution in [0.2, 0.25) is 0 Å². The van der Waals surface area contributed by atoms with Crippen LogP contribution in [0.5, 0.6) is 0 Å². The number of hydrogen-bond donors (Lipinski definition) is 3. The van der Waals surface area contributed by atoms with Gasteiger partial charge in [-0.2, -0.15) is 5.10 Å². The predicted molar refractivity (Wildman–Crippen MR) is 147 cm³/mol. The van der Waals surface area contributed by atoms with E-state index in [0.717, 1.165) is 27.5 Å². The molecule has 0 fully saturated rings. The van der Waals surface area contributed by atoms with Crippen molar-refractivity contribution in [2.75, 3.05) is 41.9 Å². The number of halogens is 1. The van der Waals surface area contributed by atoms with Crippen molar-refractivity contribution in [1.82, 2.24) is 30.5 Å². The number of benzene rings is 2. The van der Waals surface area contributed by atoms with E-state index in [1.807, 2.05) is 35.2 Å². The van der Waals surface area contributed by atoms with Crippen molar-refractivity contribution in [1.29, 1.82) is 0 Å². The summed E-state index contributed by atoms with van der Waals surface area (Å²) in [5.74, 6) is 1.07. The van der Waals surface area contributed by atoms with E-state index >= 15 is 0 Å². The number of aromatic nitrogens is 5. The second-order valence-electron chi connectivity index (χ2n) is 8.95. The highest BCUT2D eigenvalue weighted by molar-refractivity contribution is 7.90. The van der Waals surface area contributed by atoms with Crippen molar-refractivity contribution < 1.29 is 12.8 Å². The molecule has 5 rings (SSSR count). The maximum atomic E-state index is 14.0. The molecule has 38 heavy (non-hydrogen) atoms. The minimum atomic E-state index is -3.00.